The summed E-state index contributed by atoms with van der Waals surface area (Å²) in [5.74, 6) is -0.0920. The van der Waals surface area contributed by atoms with E-state index in [2.05, 4.69) is 0 Å². The molecule has 16 heavy (non-hydrogen) atoms. The second-order valence-corrected chi connectivity index (χ2v) is 4.37. The monoisotopic (exact) mass is 242 g/mol. The number of rotatable bonds is 5. The number of carbonyl (C=O) groups is 1. The molecule has 1 atom stereocenters. The van der Waals surface area contributed by atoms with E-state index in [0.717, 1.165) is 0 Å². The topological polar surface area (TPSA) is 52.6 Å². The maximum atomic E-state index is 11.8. The zero-order valence-electron chi connectivity index (χ0n) is 9.26. The van der Waals surface area contributed by atoms with E-state index in [1.54, 1.807) is 31.2 Å². The average Bonchev–Trinajstić information content (AvgIpc) is 2.29. The second-order valence-electron chi connectivity index (χ2n) is 2.95. The van der Waals surface area contributed by atoms with E-state index in [4.69, 9.17) is 9.47 Å². The van der Waals surface area contributed by atoms with Crippen LogP contribution in [0.3, 0.4) is 0 Å². The molecule has 0 spiro atoms. The van der Waals surface area contributed by atoms with Crippen LogP contribution < -0.4 is 4.74 Å². The van der Waals surface area contributed by atoms with Crippen LogP contribution in [0.2, 0.25) is 0 Å². The largest absolute Gasteiger partial charge is 0.495 e. The number of esters is 1. The number of hydrogen-bond donors (Lipinski definition) is 0. The maximum absolute atomic E-state index is 11.8. The van der Waals surface area contributed by atoms with E-state index in [1.165, 1.54) is 7.11 Å². The molecular formula is C11H14O4S. The van der Waals surface area contributed by atoms with Gasteiger partial charge in [0.25, 0.3) is 0 Å². The molecule has 1 aromatic rings. The molecule has 0 fully saturated rings. The molecule has 0 aliphatic carbocycles. The zero-order valence-corrected chi connectivity index (χ0v) is 10.1. The van der Waals surface area contributed by atoms with Crippen molar-refractivity contribution in [3.05, 3.63) is 24.3 Å². The van der Waals surface area contributed by atoms with Crippen LogP contribution in [0.25, 0.3) is 0 Å². The molecule has 0 aromatic heterocycles. The predicted molar refractivity (Wildman–Crippen MR) is 60.9 cm³/mol. The molecule has 0 radical (unpaired) electrons. The van der Waals surface area contributed by atoms with Crippen molar-refractivity contribution in [2.45, 2.75) is 11.8 Å². The minimum absolute atomic E-state index is 0.145. The lowest BCUT2D eigenvalue weighted by Crippen LogP contribution is -2.14. The van der Waals surface area contributed by atoms with Gasteiger partial charge in [-0.25, -0.2) is 0 Å². The van der Waals surface area contributed by atoms with Gasteiger partial charge in [0, 0.05) is 0 Å². The quantitative estimate of drug-likeness (QED) is 0.732. The molecule has 0 amide bonds. The van der Waals surface area contributed by atoms with Crippen molar-refractivity contribution in [3.63, 3.8) is 0 Å². The van der Waals surface area contributed by atoms with Crippen molar-refractivity contribution in [3.8, 4) is 5.75 Å². The van der Waals surface area contributed by atoms with Crippen LogP contribution in [0.1, 0.15) is 6.92 Å². The van der Waals surface area contributed by atoms with E-state index in [-0.39, 0.29) is 5.75 Å². The molecule has 1 unspecified atom stereocenters. The fraction of sp³-hybridized carbons (Fsp3) is 0.364. The highest BCUT2D eigenvalue weighted by Crippen LogP contribution is 2.21. The van der Waals surface area contributed by atoms with Crippen molar-refractivity contribution in [2.75, 3.05) is 19.5 Å². The predicted octanol–water partition coefficient (Wildman–Crippen LogP) is 1.37. The number of ether oxygens (including phenoxy) is 2. The fourth-order valence-corrected chi connectivity index (χ4v) is 2.25. The van der Waals surface area contributed by atoms with Gasteiger partial charge >= 0.3 is 5.97 Å². The lowest BCUT2D eigenvalue weighted by atomic mass is 10.3. The Hall–Kier alpha value is -1.36. The number of hydrogen-bond acceptors (Lipinski definition) is 4. The first-order valence-corrected chi connectivity index (χ1v) is 6.18. The van der Waals surface area contributed by atoms with Crippen LogP contribution in [-0.2, 0) is 20.3 Å². The molecular weight excluding hydrogens is 228 g/mol. The summed E-state index contributed by atoms with van der Waals surface area (Å²) in [6.07, 6.45) is 0. The van der Waals surface area contributed by atoms with Crippen LogP contribution in [0, 0.1) is 0 Å². The van der Waals surface area contributed by atoms with Gasteiger partial charge in [0.05, 0.1) is 29.4 Å². The van der Waals surface area contributed by atoms with Gasteiger partial charge in [-0.05, 0) is 19.1 Å². The molecule has 0 bridgehead atoms. The van der Waals surface area contributed by atoms with Gasteiger partial charge in [-0.2, -0.15) is 0 Å². The van der Waals surface area contributed by atoms with Crippen LogP contribution >= 0.6 is 0 Å². The van der Waals surface area contributed by atoms with Crippen LogP contribution in [-0.4, -0.2) is 29.6 Å². The first kappa shape index (κ1) is 12.7. The Morgan fingerprint density at radius 1 is 1.38 bits per heavy atom. The Balaban J connectivity index is 2.76. The molecule has 0 saturated heterocycles. The summed E-state index contributed by atoms with van der Waals surface area (Å²) in [4.78, 5) is 11.7. The third-order valence-corrected chi connectivity index (χ3v) is 3.19. The molecule has 1 aromatic carbocycles. The highest BCUT2D eigenvalue weighted by atomic mass is 32.2. The molecule has 0 heterocycles. The van der Waals surface area contributed by atoms with Crippen LogP contribution in [0.15, 0.2) is 29.2 Å². The van der Waals surface area contributed by atoms with Gasteiger partial charge in [-0.1, -0.05) is 12.1 Å². The number of benzene rings is 1. The van der Waals surface area contributed by atoms with Crippen molar-refractivity contribution in [2.24, 2.45) is 0 Å². The lowest BCUT2D eigenvalue weighted by molar-refractivity contribution is -0.139. The maximum Gasteiger partial charge on any atom is 0.318 e. The first-order chi connectivity index (χ1) is 7.69. The summed E-state index contributed by atoms with van der Waals surface area (Å²) in [7, 11) is 0.0744. The molecule has 5 heteroatoms. The molecule has 88 valence electrons. The van der Waals surface area contributed by atoms with E-state index in [1.807, 2.05) is 0 Å². The smallest absolute Gasteiger partial charge is 0.318 e. The second kappa shape index (κ2) is 6.27. The lowest BCUT2D eigenvalue weighted by Gasteiger charge is -2.07. The molecule has 0 N–H and O–H groups in total. The molecule has 1 rings (SSSR count). The summed E-state index contributed by atoms with van der Waals surface area (Å²) >= 11 is 0. The molecule has 0 aliphatic heterocycles. The Morgan fingerprint density at radius 2 is 2.06 bits per heavy atom. The van der Waals surface area contributed by atoms with Gasteiger partial charge in [0.1, 0.15) is 11.5 Å². The van der Waals surface area contributed by atoms with Crippen molar-refractivity contribution in [1.29, 1.82) is 0 Å². The first-order valence-electron chi connectivity index (χ1n) is 4.86. The van der Waals surface area contributed by atoms with Gasteiger partial charge in [0.15, 0.2) is 0 Å². The Bertz CT molecular complexity index is 389. The number of para-hydroxylation sites is 1. The molecule has 4 nitrogen and oxygen atoms in total. The van der Waals surface area contributed by atoms with E-state index in [0.29, 0.717) is 17.3 Å². The standard InChI is InChI=1S/C11H14O4S/c1-3-15-11(12)8-16(13)10-7-5-4-6-9(10)14-2/h4-7H,3,8H2,1-2H3. The summed E-state index contributed by atoms with van der Waals surface area (Å²) in [5, 5.41) is 0. The normalized spacial score (nSPS) is 11.9. The SMILES string of the molecule is CCOC(=O)CS(=O)c1ccccc1OC. The Morgan fingerprint density at radius 3 is 2.69 bits per heavy atom. The summed E-state index contributed by atoms with van der Waals surface area (Å²) in [5.41, 5.74) is 0. The minimum atomic E-state index is -1.43. The van der Waals surface area contributed by atoms with E-state index >= 15 is 0 Å². The van der Waals surface area contributed by atoms with E-state index in [9.17, 15) is 9.00 Å². The van der Waals surface area contributed by atoms with Gasteiger partial charge in [-0.15, -0.1) is 0 Å². The summed E-state index contributed by atoms with van der Waals surface area (Å²) in [6.45, 7) is 2.01. The fourth-order valence-electron chi connectivity index (χ4n) is 1.19. The molecule has 0 aliphatic rings. The van der Waals surface area contributed by atoms with Gasteiger partial charge < -0.3 is 9.47 Å². The van der Waals surface area contributed by atoms with Crippen molar-refractivity contribution < 1.29 is 18.5 Å². The van der Waals surface area contributed by atoms with Gasteiger partial charge in [0.2, 0.25) is 0 Å². The summed E-state index contributed by atoms with van der Waals surface area (Å²) in [6, 6.07) is 6.91. The minimum Gasteiger partial charge on any atom is -0.495 e. The zero-order chi connectivity index (χ0) is 12.0. The molecule has 0 saturated carbocycles. The highest BCUT2D eigenvalue weighted by molar-refractivity contribution is 7.85. The number of carbonyl (C=O) groups excluding carboxylic acids is 1. The Kier molecular flexibility index (Phi) is 4.98. The third kappa shape index (κ3) is 3.34. The highest BCUT2D eigenvalue weighted by Gasteiger charge is 2.14. The Labute approximate surface area is 97.0 Å². The third-order valence-electron chi connectivity index (χ3n) is 1.87. The summed E-state index contributed by atoms with van der Waals surface area (Å²) < 4.78 is 21.6. The van der Waals surface area contributed by atoms with Crippen LogP contribution in [0.5, 0.6) is 5.75 Å². The van der Waals surface area contributed by atoms with E-state index < -0.39 is 16.8 Å². The van der Waals surface area contributed by atoms with Gasteiger partial charge in [-0.3, -0.25) is 9.00 Å². The van der Waals surface area contributed by atoms with Crippen molar-refractivity contribution >= 4 is 16.8 Å². The van der Waals surface area contributed by atoms with Crippen molar-refractivity contribution in [1.82, 2.24) is 0 Å². The number of methoxy groups -OCH3 is 1. The average molecular weight is 242 g/mol. The van der Waals surface area contributed by atoms with Crippen LogP contribution in [0.4, 0.5) is 0 Å².